The third kappa shape index (κ3) is 3.73. The van der Waals surface area contributed by atoms with Crippen molar-refractivity contribution in [3.63, 3.8) is 0 Å². The Balaban J connectivity index is 1.97. The molecule has 0 N–H and O–H groups in total. The molecule has 0 radical (unpaired) electrons. The molecule has 0 saturated carbocycles. The van der Waals surface area contributed by atoms with Gasteiger partial charge in [0.15, 0.2) is 0 Å². The number of amides is 1. The van der Waals surface area contributed by atoms with Crippen LogP contribution in [0.25, 0.3) is 0 Å². The van der Waals surface area contributed by atoms with Crippen molar-refractivity contribution in [2.24, 2.45) is 11.8 Å². The molecule has 0 aromatic rings. The second-order valence-electron chi connectivity index (χ2n) is 7.08. The van der Waals surface area contributed by atoms with Gasteiger partial charge in [0.1, 0.15) is 0 Å². The van der Waals surface area contributed by atoms with Crippen molar-refractivity contribution in [2.75, 3.05) is 26.2 Å². The Hall–Kier alpha value is -0.610. The number of carbonyl (C=O) groups is 1. The van der Waals surface area contributed by atoms with Crippen LogP contribution in [0, 0.1) is 11.8 Å². The maximum absolute atomic E-state index is 12.7. The summed E-state index contributed by atoms with van der Waals surface area (Å²) in [4.78, 5) is 17.1. The van der Waals surface area contributed by atoms with Crippen molar-refractivity contribution in [1.29, 1.82) is 0 Å². The minimum atomic E-state index is -0.0266. The van der Waals surface area contributed by atoms with E-state index < -0.39 is 0 Å². The largest absolute Gasteiger partial charge is 0.373 e. The minimum absolute atomic E-state index is 0.0266. The van der Waals surface area contributed by atoms with E-state index in [0.717, 1.165) is 26.2 Å². The molecule has 2 heterocycles. The van der Waals surface area contributed by atoms with Crippen LogP contribution in [0.4, 0.5) is 0 Å². The zero-order valence-corrected chi connectivity index (χ0v) is 13.6. The Bertz CT molecular complexity index is 327. The molecule has 2 aliphatic rings. The zero-order chi connectivity index (χ0) is 14.9. The molecule has 0 aromatic heterocycles. The van der Waals surface area contributed by atoms with Crippen molar-refractivity contribution < 1.29 is 9.53 Å². The van der Waals surface area contributed by atoms with Gasteiger partial charge in [0, 0.05) is 26.2 Å². The average molecular weight is 282 g/mol. The SMILES string of the molecule is CC1CC(C)CN(C(=O)C(C)N2CC(C)OC(C)C2)C1. The van der Waals surface area contributed by atoms with Gasteiger partial charge in [0.05, 0.1) is 18.2 Å². The Labute approximate surface area is 123 Å². The van der Waals surface area contributed by atoms with Gasteiger partial charge in [-0.05, 0) is 39.0 Å². The quantitative estimate of drug-likeness (QED) is 0.776. The number of nitrogens with zero attached hydrogens (tertiary/aromatic N) is 2. The summed E-state index contributed by atoms with van der Waals surface area (Å²) in [5.41, 5.74) is 0. The molecule has 0 aliphatic carbocycles. The lowest BCUT2D eigenvalue weighted by Gasteiger charge is -2.42. The van der Waals surface area contributed by atoms with Crippen molar-refractivity contribution in [3.8, 4) is 0 Å². The first kappa shape index (κ1) is 15.8. The molecule has 1 amide bonds. The molecule has 2 fully saturated rings. The van der Waals surface area contributed by atoms with Crippen molar-refractivity contribution >= 4 is 5.91 Å². The van der Waals surface area contributed by atoms with E-state index in [0.29, 0.717) is 17.7 Å². The van der Waals surface area contributed by atoms with E-state index >= 15 is 0 Å². The average Bonchev–Trinajstić information content (AvgIpc) is 2.34. The van der Waals surface area contributed by atoms with E-state index in [4.69, 9.17) is 4.74 Å². The topological polar surface area (TPSA) is 32.8 Å². The van der Waals surface area contributed by atoms with E-state index in [2.05, 4.69) is 44.4 Å². The third-order valence-corrected chi connectivity index (χ3v) is 4.53. The highest BCUT2D eigenvalue weighted by Crippen LogP contribution is 2.23. The number of carbonyl (C=O) groups excluding carboxylic acids is 1. The van der Waals surface area contributed by atoms with Gasteiger partial charge in [-0.15, -0.1) is 0 Å². The van der Waals surface area contributed by atoms with Crippen molar-refractivity contribution in [2.45, 2.75) is 59.3 Å². The van der Waals surface area contributed by atoms with E-state index in [1.54, 1.807) is 0 Å². The van der Waals surface area contributed by atoms with Crippen molar-refractivity contribution in [3.05, 3.63) is 0 Å². The first-order chi connectivity index (χ1) is 9.36. The smallest absolute Gasteiger partial charge is 0.239 e. The standard InChI is InChI=1S/C16H30N2O2/c1-11-6-12(2)8-18(7-11)16(19)15(5)17-9-13(3)20-14(4)10-17/h11-15H,6-10H2,1-5H3. The molecule has 0 spiro atoms. The van der Waals surface area contributed by atoms with Gasteiger partial charge in [-0.2, -0.15) is 0 Å². The Kier molecular flexibility index (Phi) is 5.08. The Morgan fingerprint density at radius 3 is 2.00 bits per heavy atom. The van der Waals surface area contributed by atoms with Crippen LogP contribution in [0.15, 0.2) is 0 Å². The van der Waals surface area contributed by atoms with E-state index in [9.17, 15) is 4.79 Å². The Morgan fingerprint density at radius 1 is 1.00 bits per heavy atom. The number of likely N-dealkylation sites (tertiary alicyclic amines) is 1. The molecule has 2 rings (SSSR count). The summed E-state index contributed by atoms with van der Waals surface area (Å²) in [5.74, 6) is 1.54. The molecule has 5 atom stereocenters. The van der Waals surface area contributed by atoms with Gasteiger partial charge in [-0.25, -0.2) is 0 Å². The molecule has 4 heteroatoms. The van der Waals surface area contributed by atoms with Gasteiger partial charge >= 0.3 is 0 Å². The fraction of sp³-hybridized carbons (Fsp3) is 0.938. The lowest BCUT2D eigenvalue weighted by Crippen LogP contribution is -2.56. The number of rotatable bonds is 2. The normalized spacial score (nSPS) is 37.8. The highest BCUT2D eigenvalue weighted by molar-refractivity contribution is 5.81. The highest BCUT2D eigenvalue weighted by atomic mass is 16.5. The molecular formula is C16H30N2O2. The lowest BCUT2D eigenvalue weighted by molar-refractivity contribution is -0.144. The fourth-order valence-corrected chi connectivity index (χ4v) is 3.80. The van der Waals surface area contributed by atoms with Gasteiger partial charge in [0.25, 0.3) is 0 Å². The number of morpholine rings is 1. The van der Waals surface area contributed by atoms with Gasteiger partial charge in [0.2, 0.25) is 5.91 Å². The molecule has 20 heavy (non-hydrogen) atoms. The molecular weight excluding hydrogens is 252 g/mol. The number of piperidine rings is 1. The predicted molar refractivity (Wildman–Crippen MR) is 80.6 cm³/mol. The molecule has 4 nitrogen and oxygen atoms in total. The molecule has 5 unspecified atom stereocenters. The molecule has 0 aromatic carbocycles. The maximum atomic E-state index is 12.7. The van der Waals surface area contributed by atoms with Crippen LogP contribution in [0.3, 0.4) is 0 Å². The minimum Gasteiger partial charge on any atom is -0.373 e. The van der Waals surface area contributed by atoms with Crippen molar-refractivity contribution in [1.82, 2.24) is 9.80 Å². The van der Waals surface area contributed by atoms with Crippen LogP contribution in [-0.2, 0) is 9.53 Å². The van der Waals surface area contributed by atoms with E-state index in [1.165, 1.54) is 6.42 Å². The first-order valence-electron chi connectivity index (χ1n) is 8.05. The molecule has 116 valence electrons. The number of hydrogen-bond donors (Lipinski definition) is 0. The highest BCUT2D eigenvalue weighted by Gasteiger charge is 2.33. The second-order valence-corrected chi connectivity index (χ2v) is 7.08. The van der Waals surface area contributed by atoms with Crippen LogP contribution in [0.2, 0.25) is 0 Å². The lowest BCUT2D eigenvalue weighted by atomic mass is 9.91. The second kappa shape index (κ2) is 6.44. The summed E-state index contributed by atoms with van der Waals surface area (Å²) in [7, 11) is 0. The summed E-state index contributed by atoms with van der Waals surface area (Å²) in [5, 5.41) is 0. The number of hydrogen-bond acceptors (Lipinski definition) is 3. The van der Waals surface area contributed by atoms with Crippen LogP contribution in [0.5, 0.6) is 0 Å². The third-order valence-electron chi connectivity index (χ3n) is 4.53. The van der Waals surface area contributed by atoms with E-state index in [1.807, 2.05) is 0 Å². The van der Waals surface area contributed by atoms with Crippen LogP contribution >= 0.6 is 0 Å². The summed E-state index contributed by atoms with van der Waals surface area (Å²) >= 11 is 0. The van der Waals surface area contributed by atoms with Crippen LogP contribution in [-0.4, -0.2) is 60.1 Å². The van der Waals surface area contributed by atoms with Crippen LogP contribution in [0.1, 0.15) is 41.0 Å². The summed E-state index contributed by atoms with van der Waals surface area (Å²) < 4.78 is 5.76. The maximum Gasteiger partial charge on any atom is 0.239 e. The van der Waals surface area contributed by atoms with Gasteiger partial charge in [-0.1, -0.05) is 13.8 Å². The monoisotopic (exact) mass is 282 g/mol. The number of ether oxygens (including phenoxy) is 1. The fourth-order valence-electron chi connectivity index (χ4n) is 3.80. The van der Waals surface area contributed by atoms with E-state index in [-0.39, 0.29) is 18.2 Å². The van der Waals surface area contributed by atoms with Gasteiger partial charge in [-0.3, -0.25) is 9.69 Å². The summed E-state index contributed by atoms with van der Waals surface area (Å²) in [6.45, 7) is 14.3. The van der Waals surface area contributed by atoms with Gasteiger partial charge < -0.3 is 9.64 Å². The molecule has 2 saturated heterocycles. The first-order valence-corrected chi connectivity index (χ1v) is 8.05. The summed E-state index contributed by atoms with van der Waals surface area (Å²) in [6.07, 6.45) is 1.67. The molecule has 0 bridgehead atoms. The Morgan fingerprint density at radius 2 is 1.50 bits per heavy atom. The zero-order valence-electron chi connectivity index (χ0n) is 13.6. The van der Waals surface area contributed by atoms with Crippen LogP contribution < -0.4 is 0 Å². The molecule has 2 aliphatic heterocycles. The predicted octanol–water partition coefficient (Wildman–Crippen LogP) is 1.99. The summed E-state index contributed by atoms with van der Waals surface area (Å²) in [6, 6.07) is -0.0266.